The van der Waals surface area contributed by atoms with Crippen LogP contribution < -0.4 is 9.64 Å². The summed E-state index contributed by atoms with van der Waals surface area (Å²) in [6.07, 6.45) is 0.805. The van der Waals surface area contributed by atoms with Crippen molar-refractivity contribution in [1.82, 2.24) is 9.88 Å². The molecule has 0 radical (unpaired) electrons. The number of ether oxygens (including phenoxy) is 2. The molecule has 3 aromatic rings. The van der Waals surface area contributed by atoms with Gasteiger partial charge in [-0.2, -0.15) is 0 Å². The van der Waals surface area contributed by atoms with E-state index in [4.69, 9.17) is 9.47 Å². The van der Waals surface area contributed by atoms with Crippen LogP contribution in [0.3, 0.4) is 0 Å². The molecular weight excluding hydrogens is 441 g/mol. The van der Waals surface area contributed by atoms with E-state index < -0.39 is 0 Å². The fourth-order valence-electron chi connectivity index (χ4n) is 3.78. The molecule has 1 saturated heterocycles. The van der Waals surface area contributed by atoms with Gasteiger partial charge in [0.05, 0.1) is 23.4 Å². The van der Waals surface area contributed by atoms with Crippen molar-refractivity contribution >= 4 is 32.6 Å². The molecule has 0 N–H and O–H groups in total. The molecule has 1 amide bonds. The van der Waals surface area contributed by atoms with E-state index in [1.165, 1.54) is 29.0 Å². The Morgan fingerprint density at radius 3 is 2.70 bits per heavy atom. The fourth-order valence-corrected chi connectivity index (χ4v) is 4.81. The summed E-state index contributed by atoms with van der Waals surface area (Å²) in [6, 6.07) is 12.3. The molecule has 1 aromatic heterocycles. The number of aromatic nitrogens is 1. The van der Waals surface area contributed by atoms with Gasteiger partial charge in [-0.15, -0.1) is 0 Å². The van der Waals surface area contributed by atoms with Gasteiger partial charge in [-0.3, -0.25) is 14.6 Å². The molecule has 8 heteroatoms. The molecule has 0 spiro atoms. The van der Waals surface area contributed by atoms with Crippen molar-refractivity contribution in [3.8, 4) is 5.75 Å². The van der Waals surface area contributed by atoms with Crippen molar-refractivity contribution in [1.29, 1.82) is 0 Å². The molecule has 33 heavy (non-hydrogen) atoms. The van der Waals surface area contributed by atoms with E-state index in [9.17, 15) is 9.18 Å². The van der Waals surface area contributed by atoms with E-state index in [0.29, 0.717) is 28.9 Å². The summed E-state index contributed by atoms with van der Waals surface area (Å²) < 4.78 is 25.6. The van der Waals surface area contributed by atoms with Gasteiger partial charge in [0.1, 0.15) is 11.6 Å². The fraction of sp³-hybridized carbons (Fsp3) is 0.440. The normalized spacial score (nSPS) is 14.7. The van der Waals surface area contributed by atoms with Crippen LogP contribution in [0.5, 0.6) is 5.75 Å². The van der Waals surface area contributed by atoms with E-state index in [1.54, 1.807) is 11.0 Å². The van der Waals surface area contributed by atoms with E-state index in [2.05, 4.69) is 23.7 Å². The third-order valence-electron chi connectivity index (χ3n) is 5.74. The first-order chi connectivity index (χ1) is 16.0. The van der Waals surface area contributed by atoms with Crippen LogP contribution >= 0.6 is 11.3 Å². The number of benzene rings is 2. The van der Waals surface area contributed by atoms with Gasteiger partial charge in [0.15, 0.2) is 11.7 Å². The molecule has 1 fully saturated rings. The van der Waals surface area contributed by atoms with Gasteiger partial charge in [-0.25, -0.2) is 9.37 Å². The predicted octanol–water partition coefficient (Wildman–Crippen LogP) is 4.69. The van der Waals surface area contributed by atoms with Crippen LogP contribution in [0, 0.1) is 5.82 Å². The van der Waals surface area contributed by atoms with Gasteiger partial charge in [0.25, 0.3) is 5.91 Å². The van der Waals surface area contributed by atoms with Crippen LogP contribution in [-0.2, 0) is 9.53 Å². The van der Waals surface area contributed by atoms with Gasteiger partial charge in [-0.05, 0) is 48.2 Å². The minimum atomic E-state index is -0.309. The highest BCUT2D eigenvalue weighted by Gasteiger charge is 2.21. The average Bonchev–Trinajstić information content (AvgIpc) is 3.24. The molecule has 0 unspecified atom stereocenters. The van der Waals surface area contributed by atoms with Crippen LogP contribution in [0.2, 0.25) is 0 Å². The Hall–Kier alpha value is -2.55. The summed E-state index contributed by atoms with van der Waals surface area (Å²) >= 11 is 1.33. The Labute approximate surface area is 197 Å². The number of thiazole rings is 1. The van der Waals surface area contributed by atoms with Crippen molar-refractivity contribution in [2.45, 2.75) is 26.2 Å². The summed E-state index contributed by atoms with van der Waals surface area (Å²) in [5, 5.41) is 0.571. The smallest absolute Gasteiger partial charge is 0.266 e. The monoisotopic (exact) mass is 471 g/mol. The van der Waals surface area contributed by atoms with Crippen molar-refractivity contribution in [3.63, 3.8) is 0 Å². The minimum Gasteiger partial charge on any atom is -0.484 e. The Morgan fingerprint density at radius 1 is 1.21 bits per heavy atom. The highest BCUT2D eigenvalue weighted by Crippen LogP contribution is 2.30. The summed E-state index contributed by atoms with van der Waals surface area (Å²) in [7, 11) is 0. The van der Waals surface area contributed by atoms with Gasteiger partial charge >= 0.3 is 0 Å². The quantitative estimate of drug-likeness (QED) is 0.453. The topological polar surface area (TPSA) is 54.9 Å². The molecule has 2 aromatic carbocycles. The largest absolute Gasteiger partial charge is 0.484 e. The lowest BCUT2D eigenvalue weighted by molar-refractivity contribution is -0.120. The highest BCUT2D eigenvalue weighted by molar-refractivity contribution is 7.22. The molecule has 176 valence electrons. The first-order valence-electron chi connectivity index (χ1n) is 11.4. The second-order valence-corrected chi connectivity index (χ2v) is 9.48. The number of anilines is 1. The molecule has 0 atom stereocenters. The van der Waals surface area contributed by atoms with Crippen LogP contribution in [0.25, 0.3) is 10.2 Å². The number of carbonyl (C=O) groups is 1. The van der Waals surface area contributed by atoms with E-state index >= 15 is 0 Å². The Morgan fingerprint density at radius 2 is 1.97 bits per heavy atom. The maximum atomic E-state index is 13.7. The zero-order valence-electron chi connectivity index (χ0n) is 19.1. The van der Waals surface area contributed by atoms with Crippen molar-refractivity contribution in [2.75, 3.05) is 50.9 Å². The number of rotatable bonds is 9. The van der Waals surface area contributed by atoms with Crippen molar-refractivity contribution in [3.05, 3.63) is 53.8 Å². The zero-order valence-corrected chi connectivity index (χ0v) is 19.9. The number of halogens is 1. The second kappa shape index (κ2) is 11.0. The molecule has 1 aliphatic rings. The number of morpholine rings is 1. The van der Waals surface area contributed by atoms with Crippen molar-refractivity contribution in [2.24, 2.45) is 0 Å². The SMILES string of the molecule is CC(C)c1ccc(OCC(=O)N(CCCN2CCOCC2)c2nc3ccc(F)cc3s2)cc1. The number of nitrogens with zero attached hydrogens (tertiary/aromatic N) is 3. The summed E-state index contributed by atoms with van der Waals surface area (Å²) in [6.45, 7) is 8.90. The third-order valence-corrected chi connectivity index (χ3v) is 6.78. The highest BCUT2D eigenvalue weighted by atomic mass is 32.1. The lowest BCUT2D eigenvalue weighted by Crippen LogP contribution is -2.40. The van der Waals surface area contributed by atoms with Crippen LogP contribution in [0.15, 0.2) is 42.5 Å². The van der Waals surface area contributed by atoms with Gasteiger partial charge < -0.3 is 9.47 Å². The molecule has 4 rings (SSSR count). The van der Waals surface area contributed by atoms with E-state index in [0.717, 1.165) is 44.0 Å². The number of hydrogen-bond donors (Lipinski definition) is 0. The van der Waals surface area contributed by atoms with Gasteiger partial charge in [0.2, 0.25) is 0 Å². The van der Waals surface area contributed by atoms with Gasteiger partial charge in [0, 0.05) is 26.2 Å². The zero-order chi connectivity index (χ0) is 23.2. The number of carbonyl (C=O) groups excluding carboxylic acids is 1. The maximum absolute atomic E-state index is 13.7. The Kier molecular flexibility index (Phi) is 7.90. The first kappa shape index (κ1) is 23.6. The Bertz CT molecular complexity index is 1060. The summed E-state index contributed by atoms with van der Waals surface area (Å²) in [4.78, 5) is 21.8. The molecular formula is C25H30FN3O3S. The van der Waals surface area contributed by atoms with E-state index in [1.807, 2.05) is 24.3 Å². The minimum absolute atomic E-state index is 0.0805. The number of amides is 1. The maximum Gasteiger partial charge on any atom is 0.266 e. The van der Waals surface area contributed by atoms with Crippen LogP contribution in [0.1, 0.15) is 31.7 Å². The number of hydrogen-bond acceptors (Lipinski definition) is 6. The molecule has 2 heterocycles. The predicted molar refractivity (Wildman–Crippen MR) is 130 cm³/mol. The summed E-state index contributed by atoms with van der Waals surface area (Å²) in [5.41, 5.74) is 1.91. The second-order valence-electron chi connectivity index (χ2n) is 8.47. The van der Waals surface area contributed by atoms with Gasteiger partial charge in [-0.1, -0.05) is 37.3 Å². The first-order valence-corrected chi connectivity index (χ1v) is 12.2. The van der Waals surface area contributed by atoms with E-state index in [-0.39, 0.29) is 18.3 Å². The Balaban J connectivity index is 1.44. The lowest BCUT2D eigenvalue weighted by Gasteiger charge is -2.27. The number of fused-ring (bicyclic) bond motifs is 1. The van der Waals surface area contributed by atoms with Crippen molar-refractivity contribution < 1.29 is 18.7 Å². The molecule has 0 bridgehead atoms. The van der Waals surface area contributed by atoms with Crippen LogP contribution in [0.4, 0.5) is 9.52 Å². The standard InChI is InChI=1S/C25H30FN3O3S/c1-18(2)19-4-7-21(8-5-19)32-17-24(30)29(11-3-10-28-12-14-31-15-13-28)25-27-22-9-6-20(26)16-23(22)33-25/h4-9,16,18H,3,10-15,17H2,1-2H3. The lowest BCUT2D eigenvalue weighted by atomic mass is 10.0. The summed E-state index contributed by atoms with van der Waals surface area (Å²) in [5.74, 6) is 0.624. The average molecular weight is 472 g/mol. The molecule has 1 aliphatic heterocycles. The third kappa shape index (κ3) is 6.28. The van der Waals surface area contributed by atoms with Crippen LogP contribution in [-0.4, -0.2) is 61.8 Å². The molecule has 0 saturated carbocycles. The molecule has 6 nitrogen and oxygen atoms in total. The molecule has 0 aliphatic carbocycles.